The van der Waals surface area contributed by atoms with Crippen molar-refractivity contribution in [3.8, 4) is 0 Å². The summed E-state index contributed by atoms with van der Waals surface area (Å²) in [7, 11) is 0. The lowest BCUT2D eigenvalue weighted by Crippen LogP contribution is -2.17. The van der Waals surface area contributed by atoms with Crippen molar-refractivity contribution in [2.24, 2.45) is 5.92 Å². The molecule has 1 aliphatic rings. The summed E-state index contributed by atoms with van der Waals surface area (Å²) >= 11 is 0. The van der Waals surface area contributed by atoms with Crippen LogP contribution < -0.4 is 0 Å². The Morgan fingerprint density at radius 3 is 2.71 bits per heavy atom. The van der Waals surface area contributed by atoms with E-state index in [0.29, 0.717) is 0 Å². The molecule has 0 radical (unpaired) electrons. The number of hydrogen-bond donors (Lipinski definition) is 2. The molecule has 2 N–H and O–H groups in total. The van der Waals surface area contributed by atoms with Gasteiger partial charge in [-0.15, -0.1) is 0 Å². The summed E-state index contributed by atoms with van der Waals surface area (Å²) in [6.07, 6.45) is 0.740. The van der Waals surface area contributed by atoms with Crippen LogP contribution in [0.15, 0.2) is 24.3 Å². The molecular weight excluding hydrogens is 183 g/mol. The quantitative estimate of drug-likeness (QED) is 0.759. The number of hydrogen-bond acceptors (Lipinski definition) is 2. The number of halogens is 1. The first-order valence-corrected chi connectivity index (χ1v) is 4.71. The van der Waals surface area contributed by atoms with Crippen molar-refractivity contribution in [3.05, 3.63) is 35.6 Å². The van der Waals surface area contributed by atoms with Gasteiger partial charge in [-0.1, -0.05) is 12.1 Å². The van der Waals surface area contributed by atoms with Crippen molar-refractivity contribution in [3.63, 3.8) is 0 Å². The van der Waals surface area contributed by atoms with Crippen LogP contribution in [0.3, 0.4) is 0 Å². The van der Waals surface area contributed by atoms with E-state index in [1.54, 1.807) is 12.1 Å². The molecule has 0 amide bonds. The highest BCUT2D eigenvalue weighted by atomic mass is 19.1. The van der Waals surface area contributed by atoms with Crippen LogP contribution in [0.1, 0.15) is 12.0 Å². The van der Waals surface area contributed by atoms with Crippen LogP contribution in [0.25, 0.3) is 0 Å². The molecule has 1 saturated carbocycles. The second-order valence-electron chi connectivity index (χ2n) is 3.91. The van der Waals surface area contributed by atoms with Gasteiger partial charge in [0.05, 0.1) is 6.61 Å². The van der Waals surface area contributed by atoms with Crippen LogP contribution in [0.5, 0.6) is 0 Å². The molecule has 0 aliphatic heterocycles. The van der Waals surface area contributed by atoms with Crippen LogP contribution in [-0.4, -0.2) is 23.4 Å². The van der Waals surface area contributed by atoms with E-state index in [9.17, 15) is 9.50 Å². The Hall–Kier alpha value is -0.930. The molecule has 0 bridgehead atoms. The first kappa shape index (κ1) is 9.62. The van der Waals surface area contributed by atoms with Crippen molar-refractivity contribution in [1.29, 1.82) is 0 Å². The normalized spacial score (nSPS) is 30.4. The van der Waals surface area contributed by atoms with E-state index in [-0.39, 0.29) is 24.9 Å². The van der Waals surface area contributed by atoms with Crippen LogP contribution in [0.4, 0.5) is 4.39 Å². The van der Waals surface area contributed by atoms with Gasteiger partial charge in [-0.2, -0.15) is 0 Å². The third-order valence-electron chi connectivity index (χ3n) is 3.13. The Bertz CT molecular complexity index is 340. The molecule has 2 nitrogen and oxygen atoms in total. The molecule has 0 aromatic heterocycles. The zero-order chi connectivity index (χ0) is 10.2. The van der Waals surface area contributed by atoms with E-state index < -0.39 is 5.41 Å². The molecule has 1 aliphatic carbocycles. The number of aliphatic hydroxyl groups excluding tert-OH is 2. The second-order valence-corrected chi connectivity index (χ2v) is 3.91. The summed E-state index contributed by atoms with van der Waals surface area (Å²) in [6.45, 7) is 0.0265. The highest BCUT2D eigenvalue weighted by Gasteiger charge is 2.54. The van der Waals surface area contributed by atoms with Crippen LogP contribution in [-0.2, 0) is 5.41 Å². The molecule has 1 fully saturated rings. The summed E-state index contributed by atoms with van der Waals surface area (Å²) in [6, 6.07) is 6.25. The minimum Gasteiger partial charge on any atom is -0.396 e. The Labute approximate surface area is 82.0 Å². The van der Waals surface area contributed by atoms with Gasteiger partial charge in [-0.25, -0.2) is 4.39 Å². The van der Waals surface area contributed by atoms with E-state index in [0.717, 1.165) is 12.0 Å². The lowest BCUT2D eigenvalue weighted by molar-refractivity contribution is 0.213. The van der Waals surface area contributed by atoms with Crippen molar-refractivity contribution in [1.82, 2.24) is 0 Å². The fourth-order valence-electron chi connectivity index (χ4n) is 2.06. The van der Waals surface area contributed by atoms with E-state index in [1.807, 2.05) is 0 Å². The van der Waals surface area contributed by atoms with E-state index in [2.05, 4.69) is 0 Å². The summed E-state index contributed by atoms with van der Waals surface area (Å²) in [4.78, 5) is 0. The van der Waals surface area contributed by atoms with Gasteiger partial charge in [0.15, 0.2) is 0 Å². The number of rotatable bonds is 3. The van der Waals surface area contributed by atoms with Gasteiger partial charge in [-0.05, 0) is 30.0 Å². The lowest BCUT2D eigenvalue weighted by atomic mass is 9.94. The molecule has 0 heterocycles. The molecule has 0 spiro atoms. The molecule has 76 valence electrons. The van der Waals surface area contributed by atoms with E-state index >= 15 is 0 Å². The van der Waals surface area contributed by atoms with Crippen LogP contribution >= 0.6 is 0 Å². The van der Waals surface area contributed by atoms with Gasteiger partial charge >= 0.3 is 0 Å². The fraction of sp³-hybridized carbons (Fsp3) is 0.455. The molecule has 2 rings (SSSR count). The highest BCUT2D eigenvalue weighted by molar-refractivity contribution is 5.34. The standard InChI is InChI=1S/C11H13FO2/c12-10-3-1-2-8(4-10)11(7-14)5-9(11)6-13/h1-4,9,13-14H,5-7H2/t9-,11+/m0/s1. The Morgan fingerprint density at radius 1 is 1.43 bits per heavy atom. The van der Waals surface area contributed by atoms with Gasteiger partial charge in [-0.3, -0.25) is 0 Å². The third kappa shape index (κ3) is 1.33. The van der Waals surface area contributed by atoms with Gasteiger partial charge in [0.1, 0.15) is 5.82 Å². The van der Waals surface area contributed by atoms with Gasteiger partial charge in [0.2, 0.25) is 0 Å². The lowest BCUT2D eigenvalue weighted by Gasteiger charge is -2.14. The zero-order valence-electron chi connectivity index (χ0n) is 7.78. The van der Waals surface area contributed by atoms with Crippen LogP contribution in [0.2, 0.25) is 0 Å². The Balaban J connectivity index is 2.30. The molecule has 3 heteroatoms. The minimum atomic E-state index is -0.392. The van der Waals surface area contributed by atoms with Crippen molar-refractivity contribution in [2.45, 2.75) is 11.8 Å². The Morgan fingerprint density at radius 2 is 2.21 bits per heavy atom. The molecular formula is C11H13FO2. The average molecular weight is 196 g/mol. The topological polar surface area (TPSA) is 40.5 Å². The molecule has 14 heavy (non-hydrogen) atoms. The SMILES string of the molecule is OC[C@@H]1C[C@@]1(CO)c1cccc(F)c1. The smallest absolute Gasteiger partial charge is 0.123 e. The number of benzene rings is 1. The molecule has 2 atom stereocenters. The molecule has 1 aromatic carbocycles. The van der Waals surface area contributed by atoms with Gasteiger partial charge < -0.3 is 10.2 Å². The number of aliphatic hydroxyl groups is 2. The second kappa shape index (κ2) is 3.33. The maximum absolute atomic E-state index is 12.9. The summed E-state index contributed by atoms with van der Waals surface area (Å²) < 4.78 is 12.9. The first-order chi connectivity index (χ1) is 6.73. The van der Waals surface area contributed by atoms with E-state index in [1.165, 1.54) is 12.1 Å². The highest BCUT2D eigenvalue weighted by Crippen LogP contribution is 2.53. The molecule has 0 saturated heterocycles. The summed E-state index contributed by atoms with van der Waals surface area (Å²) in [5.41, 5.74) is 0.399. The first-order valence-electron chi connectivity index (χ1n) is 4.71. The molecule has 1 aromatic rings. The van der Waals surface area contributed by atoms with Crippen LogP contribution in [0, 0.1) is 11.7 Å². The predicted octanol–water partition coefficient (Wildman–Crippen LogP) is 1.07. The minimum absolute atomic E-state index is 0.0261. The monoisotopic (exact) mass is 196 g/mol. The zero-order valence-corrected chi connectivity index (χ0v) is 7.78. The fourth-order valence-corrected chi connectivity index (χ4v) is 2.06. The van der Waals surface area contributed by atoms with E-state index in [4.69, 9.17) is 5.11 Å². The van der Waals surface area contributed by atoms with Gasteiger partial charge in [0.25, 0.3) is 0 Å². The molecule has 0 unspecified atom stereocenters. The van der Waals surface area contributed by atoms with Gasteiger partial charge in [0, 0.05) is 12.0 Å². The Kier molecular flexibility index (Phi) is 2.29. The van der Waals surface area contributed by atoms with Crippen molar-refractivity contribution in [2.75, 3.05) is 13.2 Å². The largest absolute Gasteiger partial charge is 0.396 e. The summed E-state index contributed by atoms with van der Waals surface area (Å²) in [5, 5.41) is 18.3. The summed E-state index contributed by atoms with van der Waals surface area (Å²) in [5.74, 6) is -0.215. The average Bonchev–Trinajstić information content (AvgIpc) is 2.93. The maximum Gasteiger partial charge on any atom is 0.123 e. The van der Waals surface area contributed by atoms with Crippen molar-refractivity contribution < 1.29 is 14.6 Å². The third-order valence-corrected chi connectivity index (χ3v) is 3.13. The van der Waals surface area contributed by atoms with Crippen molar-refractivity contribution >= 4 is 0 Å². The predicted molar refractivity (Wildman–Crippen MR) is 50.4 cm³/mol. The maximum atomic E-state index is 12.9.